The predicted octanol–water partition coefficient (Wildman–Crippen LogP) is 10.7. The van der Waals surface area contributed by atoms with E-state index in [-0.39, 0.29) is 0 Å². The predicted molar refractivity (Wildman–Crippen MR) is 166 cm³/mol. The second-order valence-corrected chi connectivity index (χ2v) is 12.1. The molecule has 3 heteroatoms. The molecule has 0 radical (unpaired) electrons. The minimum Gasteiger partial charge on any atom is -0.456 e. The molecule has 6 aromatic carbocycles. The highest BCUT2D eigenvalue weighted by atomic mass is 35.5. The van der Waals surface area contributed by atoms with E-state index in [0.29, 0.717) is 0 Å². The van der Waals surface area contributed by atoms with Gasteiger partial charge in [-0.1, -0.05) is 114 Å². The summed E-state index contributed by atoms with van der Waals surface area (Å²) in [7, 11) is 0. The Kier molecular flexibility index (Phi) is 4.59. The van der Waals surface area contributed by atoms with Crippen molar-refractivity contribution in [1.29, 1.82) is 0 Å². The molecule has 9 rings (SSSR count). The van der Waals surface area contributed by atoms with E-state index in [9.17, 15) is 0 Å². The molecule has 1 nitrogen and oxygen atoms in total. The number of benzene rings is 6. The Labute approximate surface area is 241 Å². The van der Waals surface area contributed by atoms with E-state index in [4.69, 9.17) is 16.0 Å². The number of hydrogen-bond donors (Lipinski definition) is 0. The van der Waals surface area contributed by atoms with Crippen LogP contribution in [0.3, 0.4) is 0 Å². The van der Waals surface area contributed by atoms with E-state index >= 15 is 0 Å². The summed E-state index contributed by atoms with van der Waals surface area (Å²) < 4.78 is 6.15. The Balaban J connectivity index is 1.40. The molecule has 1 aliphatic carbocycles. The summed E-state index contributed by atoms with van der Waals surface area (Å²) >= 11 is 8.89. The monoisotopic (exact) mass is 548 g/mol. The summed E-state index contributed by atoms with van der Waals surface area (Å²) in [5.41, 5.74) is 11.4. The van der Waals surface area contributed by atoms with Crippen molar-refractivity contribution in [3.8, 4) is 22.3 Å². The van der Waals surface area contributed by atoms with Gasteiger partial charge in [0.05, 0.1) is 5.41 Å². The van der Waals surface area contributed by atoms with E-state index in [1.54, 1.807) is 0 Å². The molecule has 0 unspecified atom stereocenters. The van der Waals surface area contributed by atoms with Gasteiger partial charge in [0.1, 0.15) is 11.2 Å². The van der Waals surface area contributed by atoms with Crippen LogP contribution < -0.4 is 0 Å². The molecule has 0 amide bonds. The maximum absolute atomic E-state index is 7.04. The fourth-order valence-electron chi connectivity index (χ4n) is 7.03. The number of rotatable bonds is 1. The zero-order valence-corrected chi connectivity index (χ0v) is 22.9. The van der Waals surface area contributed by atoms with Crippen molar-refractivity contribution >= 4 is 45.3 Å². The largest absolute Gasteiger partial charge is 0.456 e. The third-order valence-electron chi connectivity index (χ3n) is 8.60. The van der Waals surface area contributed by atoms with Crippen molar-refractivity contribution in [1.82, 2.24) is 0 Å². The molecule has 1 aromatic heterocycles. The van der Waals surface area contributed by atoms with E-state index < -0.39 is 5.41 Å². The first kappa shape index (κ1) is 22.6. The quantitative estimate of drug-likeness (QED) is 0.202. The van der Waals surface area contributed by atoms with Gasteiger partial charge in [-0.25, -0.2) is 0 Å². The average Bonchev–Trinajstić information content (AvgIpc) is 3.51. The molecule has 2 aliphatic rings. The van der Waals surface area contributed by atoms with Crippen LogP contribution >= 0.6 is 23.4 Å². The zero-order valence-electron chi connectivity index (χ0n) is 21.3. The molecule has 0 atom stereocenters. The Morgan fingerprint density at radius 2 is 1.18 bits per heavy atom. The lowest BCUT2D eigenvalue weighted by molar-refractivity contribution is 0.669. The maximum Gasteiger partial charge on any atom is 0.135 e. The van der Waals surface area contributed by atoms with Crippen LogP contribution in [0.15, 0.2) is 142 Å². The first-order valence-corrected chi connectivity index (χ1v) is 14.7. The van der Waals surface area contributed by atoms with Crippen molar-refractivity contribution in [3.05, 3.63) is 155 Å². The number of fused-ring (bicyclic) bond motifs is 12. The van der Waals surface area contributed by atoms with Crippen molar-refractivity contribution in [2.24, 2.45) is 0 Å². The highest BCUT2D eigenvalue weighted by Crippen LogP contribution is 2.63. The minimum absolute atomic E-state index is 0.448. The third-order valence-corrected chi connectivity index (χ3v) is 10.0. The van der Waals surface area contributed by atoms with Crippen LogP contribution in [0.1, 0.15) is 22.3 Å². The molecule has 1 aliphatic heterocycles. The molecule has 0 N–H and O–H groups in total. The highest BCUT2D eigenvalue weighted by molar-refractivity contribution is 7.99. The third kappa shape index (κ3) is 2.85. The summed E-state index contributed by atoms with van der Waals surface area (Å²) in [5, 5.41) is 2.99. The van der Waals surface area contributed by atoms with Crippen LogP contribution in [-0.2, 0) is 5.41 Å². The van der Waals surface area contributed by atoms with Crippen molar-refractivity contribution in [2.45, 2.75) is 15.2 Å². The molecule has 1 spiro atoms. The van der Waals surface area contributed by atoms with Crippen LogP contribution in [0.5, 0.6) is 0 Å². The second kappa shape index (κ2) is 8.14. The van der Waals surface area contributed by atoms with Crippen molar-refractivity contribution < 1.29 is 4.42 Å². The van der Waals surface area contributed by atoms with Gasteiger partial charge in [0, 0.05) is 25.6 Å². The van der Waals surface area contributed by atoms with E-state index in [2.05, 4.69) is 115 Å². The topological polar surface area (TPSA) is 13.1 Å². The highest BCUT2D eigenvalue weighted by Gasteiger charge is 2.50. The first-order valence-electron chi connectivity index (χ1n) is 13.5. The molecule has 0 saturated heterocycles. The Hall–Kier alpha value is -4.24. The van der Waals surface area contributed by atoms with Gasteiger partial charge in [-0.15, -0.1) is 0 Å². The van der Waals surface area contributed by atoms with Gasteiger partial charge in [-0.2, -0.15) is 0 Å². The molecule has 0 saturated carbocycles. The first-order chi connectivity index (χ1) is 19.7. The smallest absolute Gasteiger partial charge is 0.135 e. The molecular weight excluding hydrogens is 528 g/mol. The lowest BCUT2D eigenvalue weighted by Gasteiger charge is -2.40. The van der Waals surface area contributed by atoms with Crippen LogP contribution in [0, 0.1) is 0 Å². The van der Waals surface area contributed by atoms with Gasteiger partial charge in [0.15, 0.2) is 0 Å². The lowest BCUT2D eigenvalue weighted by atomic mass is 9.67. The SMILES string of the molecule is Clc1cc(-c2ccc3oc4ccccc4c3c2)c2c(c1)C1(c3ccccc3S2)c2ccccc2-c2ccccc21. The van der Waals surface area contributed by atoms with Gasteiger partial charge in [0.25, 0.3) is 0 Å². The summed E-state index contributed by atoms with van der Waals surface area (Å²) in [6.45, 7) is 0. The minimum atomic E-state index is -0.448. The average molecular weight is 549 g/mol. The maximum atomic E-state index is 7.04. The summed E-state index contributed by atoms with van der Waals surface area (Å²) in [5.74, 6) is 0. The number of halogens is 1. The summed E-state index contributed by atoms with van der Waals surface area (Å²) in [6, 6.07) is 45.7. The van der Waals surface area contributed by atoms with Gasteiger partial charge in [-0.05, 0) is 80.9 Å². The lowest BCUT2D eigenvalue weighted by Crippen LogP contribution is -2.32. The molecule has 188 valence electrons. The molecular formula is C37H21ClOS. The van der Waals surface area contributed by atoms with E-state index in [0.717, 1.165) is 38.1 Å². The van der Waals surface area contributed by atoms with E-state index in [1.165, 1.54) is 43.2 Å². The molecule has 0 bridgehead atoms. The second-order valence-electron chi connectivity index (χ2n) is 10.6. The number of furan rings is 1. The molecule has 40 heavy (non-hydrogen) atoms. The fourth-order valence-corrected chi connectivity index (χ4v) is 8.55. The normalized spacial score (nSPS) is 14.2. The van der Waals surface area contributed by atoms with Crippen LogP contribution in [-0.4, -0.2) is 0 Å². The van der Waals surface area contributed by atoms with Gasteiger partial charge >= 0.3 is 0 Å². The summed E-state index contributed by atoms with van der Waals surface area (Å²) in [6.07, 6.45) is 0. The van der Waals surface area contributed by atoms with Crippen molar-refractivity contribution in [3.63, 3.8) is 0 Å². The Morgan fingerprint density at radius 1 is 0.525 bits per heavy atom. The fraction of sp³-hybridized carbons (Fsp3) is 0.0270. The molecule has 2 heterocycles. The molecule has 7 aromatic rings. The van der Waals surface area contributed by atoms with Gasteiger partial charge < -0.3 is 4.42 Å². The van der Waals surface area contributed by atoms with E-state index in [1.807, 2.05) is 23.9 Å². The molecule has 0 fully saturated rings. The van der Waals surface area contributed by atoms with Crippen LogP contribution in [0.4, 0.5) is 0 Å². The van der Waals surface area contributed by atoms with Gasteiger partial charge in [0.2, 0.25) is 0 Å². The van der Waals surface area contributed by atoms with Crippen LogP contribution in [0.25, 0.3) is 44.2 Å². The summed E-state index contributed by atoms with van der Waals surface area (Å²) in [4.78, 5) is 2.53. The zero-order chi connectivity index (χ0) is 26.4. The van der Waals surface area contributed by atoms with Gasteiger partial charge in [-0.3, -0.25) is 0 Å². The Morgan fingerprint density at radius 3 is 1.98 bits per heavy atom. The number of hydrogen-bond acceptors (Lipinski definition) is 2. The van der Waals surface area contributed by atoms with Crippen LogP contribution in [0.2, 0.25) is 5.02 Å². The Bertz CT molecular complexity index is 2130. The number of para-hydroxylation sites is 1. The standard InChI is InChI=1S/C37H21ClOS/c38-23-20-27(22-17-18-34-28(19-22)26-11-3-7-15-33(26)39-34)36-32(21-23)37(31-14-6-8-16-35(31)40-36)29-12-4-1-9-24(29)25-10-2-5-13-30(25)37/h1-21H. The van der Waals surface area contributed by atoms with Crippen molar-refractivity contribution in [2.75, 3.05) is 0 Å².